The second kappa shape index (κ2) is 5.24. The Hall–Kier alpha value is -1.89. The molecule has 7 nitrogen and oxygen atoms in total. The Labute approximate surface area is 115 Å². The van der Waals surface area contributed by atoms with Crippen LogP contribution in [-0.2, 0) is 11.3 Å². The first-order valence-electron chi connectivity index (χ1n) is 6.90. The highest BCUT2D eigenvalue weighted by Gasteiger charge is 2.26. The van der Waals surface area contributed by atoms with Gasteiger partial charge in [0.05, 0.1) is 12.6 Å². The number of ether oxygens (including phenoxy) is 1. The minimum Gasteiger partial charge on any atom is -0.376 e. The summed E-state index contributed by atoms with van der Waals surface area (Å²) < 4.78 is 6.48. The number of hydrogen-bond acceptors (Lipinski definition) is 4. The monoisotopic (exact) mass is 279 g/mol. The van der Waals surface area contributed by atoms with Crippen LogP contribution in [0.3, 0.4) is 0 Å². The molecule has 3 rings (SSSR count). The van der Waals surface area contributed by atoms with Gasteiger partial charge in [0.25, 0.3) is 11.5 Å². The van der Waals surface area contributed by atoms with Crippen LogP contribution in [0.4, 0.5) is 0 Å². The fourth-order valence-electron chi connectivity index (χ4n) is 2.32. The van der Waals surface area contributed by atoms with E-state index in [1.165, 1.54) is 6.20 Å². The van der Waals surface area contributed by atoms with E-state index in [0.717, 1.165) is 30.3 Å². The van der Waals surface area contributed by atoms with Crippen molar-refractivity contribution >= 4 is 5.91 Å². The van der Waals surface area contributed by atoms with Gasteiger partial charge in [-0.05, 0) is 25.7 Å². The van der Waals surface area contributed by atoms with Crippen molar-refractivity contribution in [2.75, 3.05) is 6.61 Å². The van der Waals surface area contributed by atoms with E-state index in [1.807, 2.05) is 0 Å². The van der Waals surface area contributed by atoms with Gasteiger partial charge in [0.15, 0.2) is 0 Å². The lowest BCUT2D eigenvalue weighted by Crippen LogP contribution is -2.42. The molecule has 20 heavy (non-hydrogen) atoms. The molecule has 1 aromatic heterocycles. The summed E-state index contributed by atoms with van der Waals surface area (Å²) in [6.07, 6.45) is 4.70. The molecule has 1 aliphatic heterocycles. The molecule has 1 saturated heterocycles. The minimum absolute atomic E-state index is 0.0190. The van der Waals surface area contributed by atoms with E-state index in [-0.39, 0.29) is 24.3 Å². The molecule has 0 radical (unpaired) electrons. The number of H-pyrrole nitrogens is 1. The van der Waals surface area contributed by atoms with Crippen molar-refractivity contribution in [3.8, 4) is 0 Å². The largest absolute Gasteiger partial charge is 0.376 e. The van der Waals surface area contributed by atoms with Gasteiger partial charge in [-0.1, -0.05) is 0 Å². The SMILES string of the molecule is O=C(NC1CC1)c1c[nH]c(=O)n(CC2CCCO2)c1=O. The zero-order chi connectivity index (χ0) is 14.1. The van der Waals surface area contributed by atoms with Gasteiger partial charge in [0.2, 0.25) is 0 Å². The molecule has 2 fully saturated rings. The molecule has 1 atom stereocenters. The molecule has 0 aromatic carbocycles. The molecule has 1 unspecified atom stereocenters. The summed E-state index contributed by atoms with van der Waals surface area (Å²) in [5, 5.41) is 2.75. The van der Waals surface area contributed by atoms with Gasteiger partial charge in [-0.2, -0.15) is 0 Å². The Kier molecular flexibility index (Phi) is 3.43. The average Bonchev–Trinajstić information content (AvgIpc) is 3.07. The average molecular weight is 279 g/mol. The third-order valence-corrected chi connectivity index (χ3v) is 3.63. The first-order valence-corrected chi connectivity index (χ1v) is 6.90. The Morgan fingerprint density at radius 3 is 2.85 bits per heavy atom. The van der Waals surface area contributed by atoms with Crippen LogP contribution in [-0.4, -0.2) is 34.2 Å². The maximum atomic E-state index is 12.2. The van der Waals surface area contributed by atoms with Gasteiger partial charge in [0, 0.05) is 18.8 Å². The predicted molar refractivity (Wildman–Crippen MR) is 70.8 cm³/mol. The minimum atomic E-state index is -0.553. The second-order valence-electron chi connectivity index (χ2n) is 5.31. The van der Waals surface area contributed by atoms with Gasteiger partial charge in [-0.25, -0.2) is 4.79 Å². The number of hydrogen-bond donors (Lipinski definition) is 2. The molecule has 0 bridgehead atoms. The number of nitrogens with one attached hydrogen (secondary N) is 2. The van der Waals surface area contributed by atoms with Gasteiger partial charge in [0.1, 0.15) is 5.56 Å². The lowest BCUT2D eigenvalue weighted by Gasteiger charge is -2.11. The highest BCUT2D eigenvalue weighted by atomic mass is 16.5. The molecule has 0 spiro atoms. The standard InChI is InChI=1S/C13H17N3O4/c17-11(15-8-3-4-8)10-6-14-13(19)16(12(10)18)7-9-2-1-5-20-9/h6,8-9H,1-5,7H2,(H,14,19)(H,15,17). The van der Waals surface area contributed by atoms with Crippen molar-refractivity contribution < 1.29 is 9.53 Å². The van der Waals surface area contributed by atoms with E-state index in [2.05, 4.69) is 10.3 Å². The summed E-state index contributed by atoms with van der Waals surface area (Å²) in [6, 6.07) is 0.167. The van der Waals surface area contributed by atoms with Crippen molar-refractivity contribution in [3.63, 3.8) is 0 Å². The summed E-state index contributed by atoms with van der Waals surface area (Å²) in [6.45, 7) is 0.845. The highest BCUT2D eigenvalue weighted by molar-refractivity contribution is 5.93. The van der Waals surface area contributed by atoms with Gasteiger partial charge in [-0.3, -0.25) is 14.2 Å². The summed E-state index contributed by atoms with van der Waals surface area (Å²) in [5.74, 6) is -0.421. The topological polar surface area (TPSA) is 93.2 Å². The maximum Gasteiger partial charge on any atom is 0.328 e. The number of carbonyl (C=O) groups excluding carboxylic acids is 1. The summed E-state index contributed by atoms with van der Waals surface area (Å²) in [4.78, 5) is 38.4. The van der Waals surface area contributed by atoms with Crippen LogP contribution in [0.15, 0.2) is 15.8 Å². The Morgan fingerprint density at radius 1 is 1.40 bits per heavy atom. The summed E-state index contributed by atoms with van der Waals surface area (Å²) >= 11 is 0. The molecule has 2 N–H and O–H groups in total. The third-order valence-electron chi connectivity index (χ3n) is 3.63. The van der Waals surface area contributed by atoms with Crippen LogP contribution in [0.5, 0.6) is 0 Å². The van der Waals surface area contributed by atoms with Gasteiger partial charge in [-0.15, -0.1) is 0 Å². The van der Waals surface area contributed by atoms with Crippen LogP contribution < -0.4 is 16.6 Å². The van der Waals surface area contributed by atoms with Gasteiger partial charge >= 0.3 is 5.69 Å². The van der Waals surface area contributed by atoms with E-state index in [0.29, 0.717) is 6.61 Å². The quantitative estimate of drug-likeness (QED) is 0.785. The number of amides is 1. The molecular weight excluding hydrogens is 262 g/mol. The van der Waals surface area contributed by atoms with Crippen LogP contribution in [0, 0.1) is 0 Å². The first-order chi connectivity index (χ1) is 9.65. The molecular formula is C13H17N3O4. The Bertz CT molecular complexity index is 623. The third kappa shape index (κ3) is 2.67. The summed E-state index contributed by atoms with van der Waals surface area (Å²) in [7, 11) is 0. The van der Waals surface area contributed by atoms with Crippen LogP contribution in [0.2, 0.25) is 0 Å². The van der Waals surface area contributed by atoms with E-state index in [9.17, 15) is 14.4 Å². The zero-order valence-electron chi connectivity index (χ0n) is 11.1. The lowest BCUT2D eigenvalue weighted by atomic mass is 10.2. The fraction of sp³-hybridized carbons (Fsp3) is 0.615. The van der Waals surface area contributed by atoms with Crippen molar-refractivity contribution in [1.82, 2.24) is 14.9 Å². The van der Waals surface area contributed by atoms with E-state index >= 15 is 0 Å². The molecule has 108 valence electrons. The molecule has 1 aliphatic carbocycles. The molecule has 1 amide bonds. The Morgan fingerprint density at radius 2 is 2.20 bits per heavy atom. The van der Waals surface area contributed by atoms with Crippen molar-refractivity contribution in [2.24, 2.45) is 0 Å². The number of carbonyl (C=O) groups is 1. The number of rotatable bonds is 4. The van der Waals surface area contributed by atoms with E-state index in [1.54, 1.807) is 0 Å². The van der Waals surface area contributed by atoms with Crippen LogP contribution in [0.1, 0.15) is 36.0 Å². The highest BCUT2D eigenvalue weighted by Crippen LogP contribution is 2.18. The van der Waals surface area contributed by atoms with Gasteiger partial charge < -0.3 is 15.0 Å². The molecule has 2 aliphatic rings. The van der Waals surface area contributed by atoms with Crippen molar-refractivity contribution in [1.29, 1.82) is 0 Å². The van der Waals surface area contributed by atoms with Crippen molar-refractivity contribution in [2.45, 2.75) is 44.4 Å². The Balaban J connectivity index is 1.86. The molecule has 7 heteroatoms. The smallest absolute Gasteiger partial charge is 0.328 e. The van der Waals surface area contributed by atoms with E-state index in [4.69, 9.17) is 4.74 Å². The molecule has 2 heterocycles. The normalized spacial score (nSPS) is 21.9. The first kappa shape index (κ1) is 13.1. The van der Waals surface area contributed by atoms with Crippen LogP contribution in [0.25, 0.3) is 0 Å². The lowest BCUT2D eigenvalue weighted by molar-refractivity contribution is 0.0921. The summed E-state index contributed by atoms with van der Waals surface area (Å²) in [5.41, 5.74) is -1.08. The molecule has 1 aromatic rings. The number of nitrogens with zero attached hydrogens (tertiary/aromatic N) is 1. The zero-order valence-corrected chi connectivity index (χ0v) is 11.1. The van der Waals surface area contributed by atoms with Crippen LogP contribution >= 0.6 is 0 Å². The number of aromatic nitrogens is 2. The van der Waals surface area contributed by atoms with E-state index < -0.39 is 17.2 Å². The predicted octanol–water partition coefficient (Wildman–Crippen LogP) is -0.392. The number of aromatic amines is 1. The maximum absolute atomic E-state index is 12.2. The fourth-order valence-corrected chi connectivity index (χ4v) is 2.32. The molecule has 1 saturated carbocycles. The second-order valence-corrected chi connectivity index (χ2v) is 5.31. The van der Waals surface area contributed by atoms with Crippen molar-refractivity contribution in [3.05, 3.63) is 32.6 Å².